The monoisotopic (exact) mass is 113 g/mol. The first-order valence-electron chi connectivity index (χ1n) is 1.58. The fourth-order valence-corrected chi connectivity index (χ4v) is 0.278. The zero-order valence-corrected chi connectivity index (χ0v) is 8.81. The summed E-state index contributed by atoms with van der Waals surface area (Å²) in [6, 6.07) is 3.89. The number of rotatable bonds is 0. The number of nitrogens with one attached hydrogen (secondary N) is 1. The molecule has 2 radical (unpaired) electrons. The normalized spacial score (nSPS) is 5.71. The Kier molecular flexibility index (Phi) is 11.6. The Labute approximate surface area is 87.5 Å². The third-order valence-electron chi connectivity index (χ3n) is 0.496. The van der Waals surface area contributed by atoms with Crippen LogP contribution in [0.5, 0.6) is 0 Å². The van der Waals surface area contributed by atoms with Gasteiger partial charge in [0.25, 0.3) is 0 Å². The summed E-state index contributed by atoms with van der Waals surface area (Å²) in [6.07, 6.45) is 3.75. The standard InChI is InChI=1S/C4H5N.2Na/c1-2-4-5-3-1;;/h1-5H;;. The molecule has 0 fully saturated rings. The minimum absolute atomic E-state index is 0. The fraction of sp³-hybridized carbons (Fsp3) is 0. The van der Waals surface area contributed by atoms with Crippen molar-refractivity contribution in [3.63, 3.8) is 0 Å². The van der Waals surface area contributed by atoms with Gasteiger partial charge < -0.3 is 4.98 Å². The van der Waals surface area contributed by atoms with Crippen molar-refractivity contribution in [3.05, 3.63) is 24.5 Å². The van der Waals surface area contributed by atoms with Crippen LogP contribution in [0.4, 0.5) is 0 Å². The first-order chi connectivity index (χ1) is 2.50. The minimum Gasteiger partial charge on any atom is -0.368 e. The fourth-order valence-electron chi connectivity index (χ4n) is 0.278. The summed E-state index contributed by atoms with van der Waals surface area (Å²) in [5, 5.41) is 0. The molecule has 0 aliphatic rings. The number of H-pyrrole nitrogens is 1. The van der Waals surface area contributed by atoms with Crippen LogP contribution < -0.4 is 0 Å². The molecule has 1 aromatic rings. The van der Waals surface area contributed by atoms with Crippen molar-refractivity contribution in [3.8, 4) is 0 Å². The molecule has 0 aromatic carbocycles. The summed E-state index contributed by atoms with van der Waals surface area (Å²) in [5.74, 6) is 0. The molecule has 0 unspecified atom stereocenters. The molecule has 1 aromatic heterocycles. The zero-order valence-electron chi connectivity index (χ0n) is 4.81. The molecule has 28 valence electrons. The second-order valence-electron chi connectivity index (χ2n) is 0.885. The van der Waals surface area contributed by atoms with E-state index in [1.165, 1.54) is 0 Å². The summed E-state index contributed by atoms with van der Waals surface area (Å²) in [4.78, 5) is 2.86. The molecule has 0 aliphatic carbocycles. The van der Waals surface area contributed by atoms with Gasteiger partial charge in [-0.15, -0.1) is 0 Å². The molecule has 0 saturated heterocycles. The minimum atomic E-state index is 0. The van der Waals surface area contributed by atoms with Crippen molar-refractivity contribution in [1.82, 2.24) is 4.98 Å². The molecular formula is C4H5NNa2. The van der Waals surface area contributed by atoms with Gasteiger partial charge in [0.05, 0.1) is 0 Å². The SMILES string of the molecule is [Na].[Na].c1cc[nH]c1. The summed E-state index contributed by atoms with van der Waals surface area (Å²) >= 11 is 0. The van der Waals surface area contributed by atoms with Crippen LogP contribution in [0.1, 0.15) is 0 Å². The Bertz CT molecular complexity index is 66.2. The number of aromatic nitrogens is 1. The summed E-state index contributed by atoms with van der Waals surface area (Å²) in [7, 11) is 0. The van der Waals surface area contributed by atoms with Gasteiger partial charge in [-0.25, -0.2) is 0 Å². The van der Waals surface area contributed by atoms with Crippen LogP contribution in [0.25, 0.3) is 0 Å². The van der Waals surface area contributed by atoms with Crippen molar-refractivity contribution < 1.29 is 0 Å². The van der Waals surface area contributed by atoms with Gasteiger partial charge in [0, 0.05) is 71.5 Å². The van der Waals surface area contributed by atoms with E-state index in [9.17, 15) is 0 Å². The van der Waals surface area contributed by atoms with Gasteiger partial charge in [0.15, 0.2) is 0 Å². The van der Waals surface area contributed by atoms with E-state index in [1.54, 1.807) is 0 Å². The Balaban J connectivity index is 0. The smallest absolute Gasteiger partial charge is 0.000496 e. The summed E-state index contributed by atoms with van der Waals surface area (Å²) in [5.41, 5.74) is 0. The van der Waals surface area contributed by atoms with Crippen LogP contribution in [0.2, 0.25) is 0 Å². The van der Waals surface area contributed by atoms with Crippen LogP contribution >= 0.6 is 0 Å². The topological polar surface area (TPSA) is 15.8 Å². The summed E-state index contributed by atoms with van der Waals surface area (Å²) < 4.78 is 0. The van der Waals surface area contributed by atoms with Crippen LogP contribution in [0.15, 0.2) is 24.5 Å². The second kappa shape index (κ2) is 7.28. The summed E-state index contributed by atoms with van der Waals surface area (Å²) in [6.45, 7) is 0. The molecule has 1 N–H and O–H groups in total. The average molecular weight is 113 g/mol. The Hall–Kier alpha value is 1.28. The molecule has 3 heteroatoms. The molecule has 1 rings (SSSR count). The first-order valence-corrected chi connectivity index (χ1v) is 1.58. The molecule has 0 atom stereocenters. The molecule has 0 saturated carbocycles. The van der Waals surface area contributed by atoms with E-state index in [2.05, 4.69) is 4.98 Å². The number of hydrogen-bond acceptors (Lipinski definition) is 0. The largest absolute Gasteiger partial charge is 0.368 e. The number of hydrogen-bond donors (Lipinski definition) is 1. The van der Waals surface area contributed by atoms with Crippen molar-refractivity contribution >= 4 is 59.1 Å². The zero-order chi connectivity index (χ0) is 3.54. The van der Waals surface area contributed by atoms with Crippen molar-refractivity contribution in [2.45, 2.75) is 0 Å². The predicted octanol–water partition coefficient (Wildman–Crippen LogP) is 0.253. The van der Waals surface area contributed by atoms with Crippen molar-refractivity contribution in [2.24, 2.45) is 0 Å². The third kappa shape index (κ3) is 5.15. The molecular weight excluding hydrogens is 108 g/mol. The quantitative estimate of drug-likeness (QED) is 0.464. The first kappa shape index (κ1) is 11.1. The molecule has 1 heterocycles. The molecule has 1 nitrogen and oxygen atoms in total. The molecule has 0 bridgehead atoms. The molecule has 0 spiro atoms. The Morgan fingerprint density at radius 2 is 1.29 bits per heavy atom. The van der Waals surface area contributed by atoms with Crippen molar-refractivity contribution in [2.75, 3.05) is 0 Å². The second-order valence-corrected chi connectivity index (χ2v) is 0.885. The maximum atomic E-state index is 2.86. The van der Waals surface area contributed by atoms with Gasteiger partial charge in [0.2, 0.25) is 0 Å². The van der Waals surface area contributed by atoms with E-state index in [4.69, 9.17) is 0 Å². The van der Waals surface area contributed by atoms with E-state index in [0.29, 0.717) is 0 Å². The molecule has 0 amide bonds. The van der Waals surface area contributed by atoms with Crippen LogP contribution in [0, 0.1) is 0 Å². The maximum absolute atomic E-state index is 2.86. The van der Waals surface area contributed by atoms with E-state index in [1.807, 2.05) is 24.5 Å². The van der Waals surface area contributed by atoms with E-state index < -0.39 is 0 Å². The molecule has 0 aliphatic heterocycles. The van der Waals surface area contributed by atoms with E-state index in [-0.39, 0.29) is 59.1 Å². The predicted molar refractivity (Wildman–Crippen MR) is 32.3 cm³/mol. The van der Waals surface area contributed by atoms with Gasteiger partial charge in [-0.3, -0.25) is 0 Å². The average Bonchev–Trinajstić information content (AvgIpc) is 1.76. The molecule has 7 heavy (non-hydrogen) atoms. The third-order valence-corrected chi connectivity index (χ3v) is 0.496. The van der Waals surface area contributed by atoms with E-state index >= 15 is 0 Å². The van der Waals surface area contributed by atoms with Gasteiger partial charge in [-0.2, -0.15) is 0 Å². The Morgan fingerprint density at radius 3 is 1.43 bits per heavy atom. The van der Waals surface area contributed by atoms with Gasteiger partial charge in [-0.1, -0.05) is 0 Å². The van der Waals surface area contributed by atoms with Gasteiger partial charge in [0.1, 0.15) is 0 Å². The van der Waals surface area contributed by atoms with Gasteiger partial charge in [-0.05, 0) is 12.1 Å². The Morgan fingerprint density at radius 1 is 0.857 bits per heavy atom. The van der Waals surface area contributed by atoms with Crippen LogP contribution in [-0.4, -0.2) is 64.1 Å². The van der Waals surface area contributed by atoms with Crippen LogP contribution in [-0.2, 0) is 0 Å². The van der Waals surface area contributed by atoms with Crippen molar-refractivity contribution in [1.29, 1.82) is 0 Å². The number of aromatic amines is 1. The van der Waals surface area contributed by atoms with E-state index in [0.717, 1.165) is 0 Å². The van der Waals surface area contributed by atoms with Crippen LogP contribution in [0.3, 0.4) is 0 Å². The maximum Gasteiger partial charge on any atom is 0.000496 e. The van der Waals surface area contributed by atoms with Gasteiger partial charge >= 0.3 is 0 Å².